The summed E-state index contributed by atoms with van der Waals surface area (Å²) in [5.74, 6) is 0.833. The monoisotopic (exact) mass is 336 g/mol. The van der Waals surface area contributed by atoms with E-state index < -0.39 is 0 Å². The van der Waals surface area contributed by atoms with Gasteiger partial charge >= 0.3 is 0 Å². The minimum atomic E-state index is 0.392. The molecule has 0 atom stereocenters. The summed E-state index contributed by atoms with van der Waals surface area (Å²) in [4.78, 5) is 8.16. The zero-order valence-corrected chi connectivity index (χ0v) is 13.3. The van der Waals surface area contributed by atoms with Crippen LogP contribution < -0.4 is 5.43 Å². The fraction of sp³-hybridized carbons (Fsp3) is 0. The zero-order valence-electron chi connectivity index (χ0n) is 12.5. The number of anilines is 1. The Morgan fingerprint density at radius 2 is 1.83 bits per heavy atom. The number of hydrogen-bond donors (Lipinski definition) is 1. The van der Waals surface area contributed by atoms with Crippen molar-refractivity contribution in [3.8, 4) is 0 Å². The first-order valence-corrected chi connectivity index (χ1v) is 7.51. The lowest BCUT2D eigenvalue weighted by molar-refractivity contribution is 1.16. The maximum atomic E-state index is 5.81. The van der Waals surface area contributed by atoms with E-state index in [1.54, 1.807) is 24.5 Å². The standard InChI is InChI=1S/C17H13ClN6/c18-14-8-9-16(20-12-14)22-24-17(13-5-4-10-19-11-13)23-21-15-6-2-1-3-7-15/h1-12,21H. The van der Waals surface area contributed by atoms with Crippen LogP contribution in [0.1, 0.15) is 5.56 Å². The number of hydrazone groups is 1. The summed E-state index contributed by atoms with van der Waals surface area (Å²) in [5.41, 5.74) is 4.53. The van der Waals surface area contributed by atoms with Gasteiger partial charge in [0.25, 0.3) is 0 Å². The van der Waals surface area contributed by atoms with E-state index in [0.717, 1.165) is 11.3 Å². The minimum Gasteiger partial charge on any atom is -0.276 e. The summed E-state index contributed by atoms with van der Waals surface area (Å²) < 4.78 is 0. The maximum absolute atomic E-state index is 5.81. The molecular formula is C17H13ClN6. The Labute approximate surface area is 144 Å². The molecule has 0 bridgehead atoms. The van der Waals surface area contributed by atoms with Gasteiger partial charge in [-0.1, -0.05) is 29.8 Å². The molecule has 0 fully saturated rings. The summed E-state index contributed by atoms with van der Waals surface area (Å²) in [6, 6.07) is 16.6. The summed E-state index contributed by atoms with van der Waals surface area (Å²) in [5, 5.41) is 13.1. The number of aromatic nitrogens is 2. The number of halogens is 1. The Kier molecular flexibility index (Phi) is 5.21. The molecule has 2 aromatic heterocycles. The number of rotatable bonds is 4. The Hall–Kier alpha value is -3.12. The predicted molar refractivity (Wildman–Crippen MR) is 94.6 cm³/mol. The summed E-state index contributed by atoms with van der Waals surface area (Å²) in [6.07, 6.45) is 4.86. The van der Waals surface area contributed by atoms with E-state index in [4.69, 9.17) is 11.6 Å². The molecule has 1 aromatic carbocycles. The molecule has 3 aromatic rings. The lowest BCUT2D eigenvalue weighted by atomic mass is 10.3. The van der Waals surface area contributed by atoms with Crippen LogP contribution in [-0.2, 0) is 0 Å². The summed E-state index contributed by atoms with van der Waals surface area (Å²) in [6.45, 7) is 0. The average Bonchev–Trinajstić information content (AvgIpc) is 2.65. The molecular weight excluding hydrogens is 324 g/mol. The smallest absolute Gasteiger partial charge is 0.202 e. The van der Waals surface area contributed by atoms with Crippen molar-refractivity contribution in [2.45, 2.75) is 0 Å². The third kappa shape index (κ3) is 4.44. The Balaban J connectivity index is 1.86. The van der Waals surface area contributed by atoms with Gasteiger partial charge in [0.15, 0.2) is 5.82 Å². The first-order chi connectivity index (χ1) is 11.8. The number of pyridine rings is 2. The Morgan fingerprint density at radius 3 is 2.54 bits per heavy atom. The van der Waals surface area contributed by atoms with Crippen LogP contribution >= 0.6 is 11.6 Å². The van der Waals surface area contributed by atoms with Crippen LogP contribution in [0.3, 0.4) is 0 Å². The van der Waals surface area contributed by atoms with Crippen LogP contribution in [0.4, 0.5) is 11.5 Å². The second kappa shape index (κ2) is 7.94. The normalized spacial score (nSPS) is 11.6. The van der Waals surface area contributed by atoms with Crippen LogP contribution in [0.5, 0.6) is 0 Å². The van der Waals surface area contributed by atoms with Crippen molar-refractivity contribution in [1.29, 1.82) is 0 Å². The Bertz CT molecular complexity index is 832. The van der Waals surface area contributed by atoms with Crippen molar-refractivity contribution >= 4 is 28.9 Å². The lowest BCUT2D eigenvalue weighted by Gasteiger charge is -2.02. The molecule has 0 saturated carbocycles. The van der Waals surface area contributed by atoms with Crippen LogP contribution in [0.2, 0.25) is 5.02 Å². The molecule has 1 N–H and O–H groups in total. The quantitative estimate of drug-likeness (QED) is 0.325. The number of amidine groups is 1. The third-order valence-corrected chi connectivity index (χ3v) is 3.17. The van der Waals surface area contributed by atoms with Crippen molar-refractivity contribution < 1.29 is 0 Å². The molecule has 0 aliphatic rings. The van der Waals surface area contributed by atoms with Crippen molar-refractivity contribution in [3.05, 3.63) is 83.8 Å². The molecule has 3 rings (SSSR count). The fourth-order valence-electron chi connectivity index (χ4n) is 1.80. The van der Waals surface area contributed by atoms with Gasteiger partial charge in [0.05, 0.1) is 10.7 Å². The average molecular weight is 337 g/mol. The topological polar surface area (TPSA) is 74.9 Å². The van der Waals surface area contributed by atoms with Crippen LogP contribution in [0.15, 0.2) is 88.5 Å². The van der Waals surface area contributed by atoms with E-state index in [2.05, 4.69) is 30.7 Å². The molecule has 0 aliphatic heterocycles. The van der Waals surface area contributed by atoms with Gasteiger partial charge in [0.2, 0.25) is 5.84 Å². The van der Waals surface area contributed by atoms with Gasteiger partial charge in [0, 0.05) is 24.2 Å². The molecule has 0 spiro atoms. The van der Waals surface area contributed by atoms with E-state index in [9.17, 15) is 0 Å². The fourth-order valence-corrected chi connectivity index (χ4v) is 1.91. The minimum absolute atomic E-state index is 0.392. The molecule has 24 heavy (non-hydrogen) atoms. The van der Waals surface area contributed by atoms with E-state index >= 15 is 0 Å². The molecule has 0 aliphatic carbocycles. The highest BCUT2D eigenvalue weighted by Crippen LogP contribution is 2.14. The number of nitrogens with zero attached hydrogens (tertiary/aromatic N) is 5. The lowest BCUT2D eigenvalue weighted by Crippen LogP contribution is -2.01. The number of hydrogen-bond acceptors (Lipinski definition) is 5. The van der Waals surface area contributed by atoms with Gasteiger partial charge in [-0.3, -0.25) is 10.4 Å². The highest BCUT2D eigenvalue weighted by Gasteiger charge is 2.03. The van der Waals surface area contributed by atoms with Crippen molar-refractivity contribution in [3.63, 3.8) is 0 Å². The molecule has 2 heterocycles. The summed E-state index contributed by atoms with van der Waals surface area (Å²) in [7, 11) is 0. The van der Waals surface area contributed by atoms with Gasteiger partial charge in [-0.2, -0.15) is 5.10 Å². The Morgan fingerprint density at radius 1 is 0.958 bits per heavy atom. The van der Waals surface area contributed by atoms with Gasteiger partial charge < -0.3 is 0 Å². The van der Waals surface area contributed by atoms with E-state index in [1.165, 1.54) is 6.20 Å². The van der Waals surface area contributed by atoms with E-state index in [-0.39, 0.29) is 0 Å². The summed E-state index contributed by atoms with van der Waals surface area (Å²) >= 11 is 5.81. The molecule has 0 amide bonds. The van der Waals surface area contributed by atoms with Gasteiger partial charge in [-0.15, -0.1) is 10.2 Å². The molecule has 118 valence electrons. The highest BCUT2D eigenvalue weighted by atomic mass is 35.5. The SMILES string of the molecule is Clc1ccc(N=NC(=NNc2ccccc2)c2cccnc2)nc1. The molecule has 0 saturated heterocycles. The third-order valence-electron chi connectivity index (χ3n) is 2.94. The first kappa shape index (κ1) is 15.8. The second-order valence-corrected chi connectivity index (χ2v) is 5.13. The van der Waals surface area contributed by atoms with E-state index in [1.807, 2.05) is 42.5 Å². The molecule has 6 nitrogen and oxygen atoms in total. The molecule has 0 radical (unpaired) electrons. The van der Waals surface area contributed by atoms with Crippen molar-refractivity contribution in [2.24, 2.45) is 15.3 Å². The molecule has 7 heteroatoms. The van der Waals surface area contributed by atoms with Gasteiger partial charge in [-0.05, 0) is 36.4 Å². The highest BCUT2D eigenvalue weighted by molar-refractivity contribution is 6.30. The van der Waals surface area contributed by atoms with Crippen molar-refractivity contribution in [1.82, 2.24) is 9.97 Å². The zero-order chi connectivity index (χ0) is 16.6. The van der Waals surface area contributed by atoms with Crippen LogP contribution in [0.25, 0.3) is 0 Å². The molecule has 0 unspecified atom stereocenters. The van der Waals surface area contributed by atoms with Crippen LogP contribution in [0, 0.1) is 0 Å². The largest absolute Gasteiger partial charge is 0.276 e. The van der Waals surface area contributed by atoms with Crippen LogP contribution in [-0.4, -0.2) is 15.8 Å². The number of para-hydroxylation sites is 1. The van der Waals surface area contributed by atoms with Crippen molar-refractivity contribution in [2.75, 3.05) is 5.43 Å². The number of azo groups is 1. The van der Waals surface area contributed by atoms with Gasteiger partial charge in [-0.25, -0.2) is 4.98 Å². The first-order valence-electron chi connectivity index (χ1n) is 7.14. The number of benzene rings is 1. The van der Waals surface area contributed by atoms with E-state index in [0.29, 0.717) is 16.7 Å². The maximum Gasteiger partial charge on any atom is 0.202 e. The number of nitrogens with one attached hydrogen (secondary N) is 1. The second-order valence-electron chi connectivity index (χ2n) is 4.69. The predicted octanol–water partition coefficient (Wildman–Crippen LogP) is 4.69. The van der Waals surface area contributed by atoms with Gasteiger partial charge in [0.1, 0.15) is 0 Å².